The zero-order valence-electron chi connectivity index (χ0n) is 12.8. The molecule has 1 saturated heterocycles. The van der Waals surface area contributed by atoms with E-state index in [-0.39, 0.29) is 6.04 Å². The number of aryl methyl sites for hydroxylation is 2. The predicted octanol–water partition coefficient (Wildman–Crippen LogP) is 3.18. The van der Waals surface area contributed by atoms with Gasteiger partial charge < -0.3 is 14.6 Å². The van der Waals surface area contributed by atoms with Crippen molar-refractivity contribution < 1.29 is 9.26 Å². The summed E-state index contributed by atoms with van der Waals surface area (Å²) in [4.78, 5) is 4.54. The molecule has 2 heterocycles. The van der Waals surface area contributed by atoms with Crippen LogP contribution in [0.3, 0.4) is 0 Å². The van der Waals surface area contributed by atoms with Gasteiger partial charge >= 0.3 is 0 Å². The van der Waals surface area contributed by atoms with Crippen LogP contribution in [0.25, 0.3) is 11.4 Å². The van der Waals surface area contributed by atoms with Crippen LogP contribution in [0.5, 0.6) is 5.75 Å². The fraction of sp³-hybridized carbons (Fsp3) is 0.500. The number of ether oxygens (including phenoxy) is 1. The zero-order valence-corrected chi connectivity index (χ0v) is 12.8. The molecule has 0 bridgehead atoms. The van der Waals surface area contributed by atoms with Crippen LogP contribution >= 0.6 is 0 Å². The Kier molecular flexibility index (Phi) is 3.92. The lowest BCUT2D eigenvalue weighted by molar-refractivity contribution is 0.335. The first-order chi connectivity index (χ1) is 10.2. The van der Waals surface area contributed by atoms with E-state index in [1.165, 1.54) is 0 Å². The van der Waals surface area contributed by atoms with Gasteiger partial charge in [0.25, 0.3) is 0 Å². The van der Waals surface area contributed by atoms with E-state index in [4.69, 9.17) is 9.26 Å². The van der Waals surface area contributed by atoms with Gasteiger partial charge in [-0.1, -0.05) is 5.16 Å². The third-order valence-electron chi connectivity index (χ3n) is 3.81. The first-order valence-electron chi connectivity index (χ1n) is 7.50. The van der Waals surface area contributed by atoms with E-state index >= 15 is 0 Å². The van der Waals surface area contributed by atoms with Crippen molar-refractivity contribution in [3.05, 3.63) is 29.2 Å². The quantitative estimate of drug-likeness (QED) is 0.936. The van der Waals surface area contributed by atoms with Crippen molar-refractivity contribution in [2.75, 3.05) is 13.2 Å². The van der Waals surface area contributed by atoms with Crippen LogP contribution in [-0.2, 0) is 0 Å². The number of hydrogen-bond acceptors (Lipinski definition) is 5. The van der Waals surface area contributed by atoms with Crippen LogP contribution in [0, 0.1) is 13.8 Å². The summed E-state index contributed by atoms with van der Waals surface area (Å²) in [6.45, 7) is 7.76. The molecule has 1 aliphatic rings. The van der Waals surface area contributed by atoms with Gasteiger partial charge in [-0.25, -0.2) is 0 Å². The van der Waals surface area contributed by atoms with Crippen LogP contribution in [0.2, 0.25) is 0 Å². The van der Waals surface area contributed by atoms with Crippen LogP contribution in [0.4, 0.5) is 0 Å². The van der Waals surface area contributed by atoms with Crippen molar-refractivity contribution in [2.24, 2.45) is 0 Å². The van der Waals surface area contributed by atoms with E-state index < -0.39 is 0 Å². The molecule has 0 unspecified atom stereocenters. The SMILES string of the molecule is CCOc1c(C)cc(-c2noc([C@@H]3CCCN3)n2)cc1C. The van der Waals surface area contributed by atoms with E-state index in [9.17, 15) is 0 Å². The number of nitrogens with zero attached hydrogens (tertiary/aromatic N) is 2. The predicted molar refractivity (Wildman–Crippen MR) is 80.4 cm³/mol. The van der Waals surface area contributed by atoms with Crippen molar-refractivity contribution in [3.8, 4) is 17.1 Å². The van der Waals surface area contributed by atoms with E-state index in [1.807, 2.05) is 20.8 Å². The van der Waals surface area contributed by atoms with Gasteiger partial charge in [-0.15, -0.1) is 0 Å². The van der Waals surface area contributed by atoms with Gasteiger partial charge in [-0.2, -0.15) is 4.98 Å². The minimum absolute atomic E-state index is 0.205. The Labute approximate surface area is 124 Å². The first-order valence-corrected chi connectivity index (χ1v) is 7.50. The molecule has 1 aliphatic heterocycles. The minimum atomic E-state index is 0.205. The lowest BCUT2D eigenvalue weighted by Crippen LogP contribution is -2.12. The van der Waals surface area contributed by atoms with Crippen molar-refractivity contribution in [2.45, 2.75) is 39.7 Å². The van der Waals surface area contributed by atoms with Crippen molar-refractivity contribution >= 4 is 0 Å². The maximum Gasteiger partial charge on any atom is 0.244 e. The largest absolute Gasteiger partial charge is 0.493 e. The van der Waals surface area contributed by atoms with Gasteiger partial charge in [-0.3, -0.25) is 0 Å². The number of rotatable bonds is 4. The summed E-state index contributed by atoms with van der Waals surface area (Å²) in [5.41, 5.74) is 3.16. The Bertz CT molecular complexity index is 607. The third kappa shape index (κ3) is 2.78. The first kappa shape index (κ1) is 14.1. The summed E-state index contributed by atoms with van der Waals surface area (Å²) >= 11 is 0. The molecule has 3 rings (SSSR count). The molecule has 0 spiro atoms. The normalized spacial score (nSPS) is 18.1. The highest BCUT2D eigenvalue weighted by Crippen LogP contribution is 2.30. The molecule has 112 valence electrons. The lowest BCUT2D eigenvalue weighted by atomic mass is 10.1. The Hall–Kier alpha value is -1.88. The van der Waals surface area contributed by atoms with Crippen LogP contribution in [0.15, 0.2) is 16.7 Å². The summed E-state index contributed by atoms with van der Waals surface area (Å²) in [6.07, 6.45) is 2.21. The Morgan fingerprint density at radius 2 is 2.10 bits per heavy atom. The minimum Gasteiger partial charge on any atom is -0.493 e. The standard InChI is InChI=1S/C16H21N3O2/c1-4-20-14-10(2)8-12(9-11(14)3)15-18-16(21-19-15)13-6-5-7-17-13/h8-9,13,17H,4-7H2,1-3H3/t13-/m0/s1. The maximum atomic E-state index is 5.67. The molecule has 1 aromatic heterocycles. The summed E-state index contributed by atoms with van der Waals surface area (Å²) in [5.74, 6) is 2.28. The van der Waals surface area contributed by atoms with Gasteiger partial charge in [0.05, 0.1) is 12.6 Å². The smallest absolute Gasteiger partial charge is 0.244 e. The van der Waals surface area contributed by atoms with Gasteiger partial charge in [0.1, 0.15) is 5.75 Å². The van der Waals surface area contributed by atoms with E-state index in [0.29, 0.717) is 18.3 Å². The molecule has 5 nitrogen and oxygen atoms in total. The lowest BCUT2D eigenvalue weighted by Gasteiger charge is -2.11. The van der Waals surface area contributed by atoms with Crippen molar-refractivity contribution in [1.82, 2.24) is 15.5 Å². The summed E-state index contributed by atoms with van der Waals surface area (Å²) in [5, 5.41) is 7.49. The van der Waals surface area contributed by atoms with Gasteiger partial charge in [-0.05, 0) is 63.4 Å². The van der Waals surface area contributed by atoms with E-state index in [2.05, 4.69) is 27.6 Å². The number of aromatic nitrogens is 2. The molecular formula is C16H21N3O2. The Morgan fingerprint density at radius 1 is 1.33 bits per heavy atom. The van der Waals surface area contributed by atoms with Gasteiger partial charge in [0, 0.05) is 5.56 Å². The fourth-order valence-corrected chi connectivity index (χ4v) is 2.84. The highest BCUT2D eigenvalue weighted by molar-refractivity contribution is 5.61. The van der Waals surface area contributed by atoms with Crippen LogP contribution < -0.4 is 10.1 Å². The Morgan fingerprint density at radius 3 is 2.71 bits per heavy atom. The van der Waals surface area contributed by atoms with Gasteiger partial charge in [0.2, 0.25) is 11.7 Å². The molecule has 0 aliphatic carbocycles. The second kappa shape index (κ2) is 5.85. The van der Waals surface area contributed by atoms with Crippen molar-refractivity contribution in [3.63, 3.8) is 0 Å². The molecule has 1 atom stereocenters. The molecule has 0 amide bonds. The highest BCUT2D eigenvalue weighted by Gasteiger charge is 2.23. The Balaban J connectivity index is 1.90. The third-order valence-corrected chi connectivity index (χ3v) is 3.81. The molecule has 0 radical (unpaired) electrons. The number of benzene rings is 1. The molecule has 1 aromatic carbocycles. The second-order valence-corrected chi connectivity index (χ2v) is 5.48. The average molecular weight is 287 g/mol. The fourth-order valence-electron chi connectivity index (χ4n) is 2.84. The summed E-state index contributed by atoms with van der Waals surface area (Å²) < 4.78 is 11.1. The topological polar surface area (TPSA) is 60.2 Å². The molecule has 2 aromatic rings. The number of hydrogen-bond donors (Lipinski definition) is 1. The summed E-state index contributed by atoms with van der Waals surface area (Å²) in [6, 6.07) is 4.31. The van der Waals surface area contributed by atoms with Crippen LogP contribution in [0.1, 0.15) is 42.8 Å². The molecule has 21 heavy (non-hydrogen) atoms. The molecule has 5 heteroatoms. The molecule has 1 N–H and O–H groups in total. The molecule has 1 fully saturated rings. The highest BCUT2D eigenvalue weighted by atomic mass is 16.5. The maximum absolute atomic E-state index is 5.67. The van der Waals surface area contributed by atoms with E-state index in [1.54, 1.807) is 0 Å². The monoisotopic (exact) mass is 287 g/mol. The van der Waals surface area contributed by atoms with E-state index in [0.717, 1.165) is 41.8 Å². The molecular weight excluding hydrogens is 266 g/mol. The van der Waals surface area contributed by atoms with Crippen molar-refractivity contribution in [1.29, 1.82) is 0 Å². The van der Waals surface area contributed by atoms with Gasteiger partial charge in [0.15, 0.2) is 0 Å². The zero-order chi connectivity index (χ0) is 14.8. The summed E-state index contributed by atoms with van der Waals surface area (Å²) in [7, 11) is 0. The molecule has 0 saturated carbocycles. The average Bonchev–Trinajstić information content (AvgIpc) is 3.12. The second-order valence-electron chi connectivity index (χ2n) is 5.48. The van der Waals surface area contributed by atoms with Crippen LogP contribution in [-0.4, -0.2) is 23.3 Å². The number of nitrogens with one attached hydrogen (secondary N) is 1.